The Hall–Kier alpha value is -2.07. The highest BCUT2D eigenvalue weighted by molar-refractivity contribution is 14.0. The Bertz CT molecular complexity index is 756. The lowest BCUT2D eigenvalue weighted by Gasteiger charge is -2.16. The van der Waals surface area contributed by atoms with Gasteiger partial charge in [0.15, 0.2) is 5.96 Å². The molecule has 0 radical (unpaired) electrons. The number of aryl methyl sites for hydroxylation is 1. The van der Waals surface area contributed by atoms with E-state index in [4.69, 9.17) is 14.2 Å². The quantitative estimate of drug-likeness (QED) is 0.239. The van der Waals surface area contributed by atoms with Crippen LogP contribution in [0.5, 0.6) is 11.6 Å². The molecule has 1 heterocycles. The van der Waals surface area contributed by atoms with Crippen LogP contribution < -0.4 is 20.1 Å². The molecule has 2 aromatic rings. The Morgan fingerprint density at radius 2 is 1.82 bits per heavy atom. The molecule has 0 aliphatic heterocycles. The molecule has 0 saturated heterocycles. The molecule has 0 fully saturated rings. The summed E-state index contributed by atoms with van der Waals surface area (Å²) in [4.78, 5) is 8.47. The first-order valence-electron chi connectivity index (χ1n) is 8.81. The van der Waals surface area contributed by atoms with Crippen molar-refractivity contribution in [2.75, 3.05) is 34.5 Å². The first-order valence-corrected chi connectivity index (χ1v) is 8.81. The van der Waals surface area contributed by atoms with E-state index in [-0.39, 0.29) is 24.0 Å². The third kappa shape index (κ3) is 7.51. The van der Waals surface area contributed by atoms with E-state index >= 15 is 0 Å². The number of benzene rings is 1. The first kappa shape index (κ1) is 24.0. The maximum Gasteiger partial charge on any atom is 0.218 e. The molecule has 2 rings (SSSR count). The molecule has 2 N–H and O–H groups in total. The van der Waals surface area contributed by atoms with Crippen LogP contribution >= 0.6 is 24.0 Å². The molecule has 1 aromatic carbocycles. The van der Waals surface area contributed by atoms with Crippen LogP contribution in [-0.2, 0) is 17.8 Å². The second-order valence-electron chi connectivity index (χ2n) is 5.90. The van der Waals surface area contributed by atoms with E-state index in [2.05, 4.69) is 32.7 Å². The lowest BCUT2D eigenvalue weighted by molar-refractivity contribution is 0.145. The van der Waals surface area contributed by atoms with Gasteiger partial charge in [0.05, 0.1) is 13.7 Å². The number of methoxy groups -OCH3 is 2. The summed E-state index contributed by atoms with van der Waals surface area (Å²) in [5.74, 6) is 2.14. The molecule has 0 aliphatic rings. The summed E-state index contributed by atoms with van der Waals surface area (Å²) in [6, 6.07) is 10.0. The molecule has 0 saturated carbocycles. The smallest absolute Gasteiger partial charge is 0.218 e. The summed E-state index contributed by atoms with van der Waals surface area (Å²) >= 11 is 0. The van der Waals surface area contributed by atoms with Crippen molar-refractivity contribution in [1.82, 2.24) is 15.6 Å². The van der Waals surface area contributed by atoms with Gasteiger partial charge in [-0.2, -0.15) is 0 Å². The maximum atomic E-state index is 5.83. The van der Waals surface area contributed by atoms with E-state index in [9.17, 15) is 0 Å². The van der Waals surface area contributed by atoms with Crippen LogP contribution in [-0.4, -0.2) is 45.4 Å². The SMILES string of the molecule is CN=C(NCc1ccc(C)cc1OCCOC)NCc1cccnc1OC.I. The summed E-state index contributed by atoms with van der Waals surface area (Å²) in [5, 5.41) is 6.58. The van der Waals surface area contributed by atoms with Crippen molar-refractivity contribution in [1.29, 1.82) is 0 Å². The van der Waals surface area contributed by atoms with Gasteiger partial charge in [0.1, 0.15) is 12.4 Å². The molecule has 0 amide bonds. The number of hydrogen-bond donors (Lipinski definition) is 2. The summed E-state index contributed by atoms with van der Waals surface area (Å²) in [7, 11) is 5.01. The number of nitrogens with zero attached hydrogens (tertiary/aromatic N) is 2. The van der Waals surface area contributed by atoms with Crippen LogP contribution in [0.15, 0.2) is 41.5 Å². The summed E-state index contributed by atoms with van der Waals surface area (Å²) in [6.07, 6.45) is 1.71. The van der Waals surface area contributed by atoms with Gasteiger partial charge >= 0.3 is 0 Å². The largest absolute Gasteiger partial charge is 0.491 e. The Morgan fingerprint density at radius 3 is 2.50 bits per heavy atom. The number of pyridine rings is 1. The Labute approximate surface area is 183 Å². The van der Waals surface area contributed by atoms with E-state index in [0.717, 1.165) is 22.4 Å². The zero-order chi connectivity index (χ0) is 19.5. The van der Waals surface area contributed by atoms with Crippen molar-refractivity contribution >= 4 is 29.9 Å². The van der Waals surface area contributed by atoms with Gasteiger partial charge in [-0.1, -0.05) is 18.2 Å². The van der Waals surface area contributed by atoms with E-state index in [1.807, 2.05) is 25.1 Å². The zero-order valence-electron chi connectivity index (χ0n) is 16.8. The average Bonchev–Trinajstić information content (AvgIpc) is 2.69. The van der Waals surface area contributed by atoms with E-state index < -0.39 is 0 Å². The molecular weight excluding hydrogens is 471 g/mol. The highest BCUT2D eigenvalue weighted by Crippen LogP contribution is 2.20. The molecule has 0 aliphatic carbocycles. The highest BCUT2D eigenvalue weighted by Gasteiger charge is 2.08. The van der Waals surface area contributed by atoms with Gasteiger partial charge in [0, 0.05) is 44.6 Å². The number of guanidine groups is 1. The lowest BCUT2D eigenvalue weighted by atomic mass is 10.1. The van der Waals surface area contributed by atoms with Gasteiger partial charge in [0.2, 0.25) is 5.88 Å². The fourth-order valence-electron chi connectivity index (χ4n) is 2.50. The van der Waals surface area contributed by atoms with Gasteiger partial charge in [-0.15, -0.1) is 24.0 Å². The summed E-state index contributed by atoms with van der Waals surface area (Å²) in [6.45, 7) is 4.26. The normalized spacial score (nSPS) is 10.8. The lowest BCUT2D eigenvalue weighted by Crippen LogP contribution is -2.36. The van der Waals surface area contributed by atoms with Crippen LogP contribution in [0.2, 0.25) is 0 Å². The predicted molar refractivity (Wildman–Crippen MR) is 122 cm³/mol. The van der Waals surface area contributed by atoms with E-state index in [1.54, 1.807) is 27.5 Å². The molecule has 0 atom stereocenters. The Kier molecular flexibility index (Phi) is 11.3. The van der Waals surface area contributed by atoms with Crippen molar-refractivity contribution in [2.45, 2.75) is 20.0 Å². The standard InChI is InChI=1S/C20H28N4O3.HI/c1-15-7-8-16(18(12-15)27-11-10-25-3)13-23-20(21-2)24-14-17-6-5-9-22-19(17)26-4;/h5-9,12H,10-11,13-14H2,1-4H3,(H2,21,23,24);1H. The predicted octanol–water partition coefficient (Wildman–Crippen LogP) is 2.91. The van der Waals surface area contributed by atoms with E-state index in [0.29, 0.717) is 38.1 Å². The number of halogens is 1. The second-order valence-corrected chi connectivity index (χ2v) is 5.90. The number of rotatable bonds is 9. The number of nitrogens with one attached hydrogen (secondary N) is 2. The molecule has 154 valence electrons. The Balaban J connectivity index is 0.00000392. The average molecular weight is 500 g/mol. The van der Waals surface area contributed by atoms with Crippen LogP contribution in [0.25, 0.3) is 0 Å². The van der Waals surface area contributed by atoms with Gasteiger partial charge < -0.3 is 24.8 Å². The van der Waals surface area contributed by atoms with Crippen LogP contribution in [0.1, 0.15) is 16.7 Å². The monoisotopic (exact) mass is 500 g/mol. The number of hydrogen-bond acceptors (Lipinski definition) is 5. The number of ether oxygens (including phenoxy) is 3. The van der Waals surface area contributed by atoms with Crippen LogP contribution in [0.4, 0.5) is 0 Å². The fourth-order valence-corrected chi connectivity index (χ4v) is 2.50. The van der Waals surface area contributed by atoms with Crippen LogP contribution in [0, 0.1) is 6.92 Å². The molecule has 8 heteroatoms. The molecule has 0 unspecified atom stereocenters. The van der Waals surface area contributed by atoms with Crippen molar-refractivity contribution in [3.8, 4) is 11.6 Å². The van der Waals surface area contributed by atoms with Crippen molar-refractivity contribution < 1.29 is 14.2 Å². The summed E-state index contributed by atoms with van der Waals surface area (Å²) < 4.78 is 16.2. The highest BCUT2D eigenvalue weighted by atomic mass is 127. The maximum absolute atomic E-state index is 5.83. The van der Waals surface area contributed by atoms with Crippen molar-refractivity contribution in [3.63, 3.8) is 0 Å². The van der Waals surface area contributed by atoms with Gasteiger partial charge in [-0.3, -0.25) is 4.99 Å². The number of aromatic nitrogens is 1. The molecule has 28 heavy (non-hydrogen) atoms. The minimum Gasteiger partial charge on any atom is -0.491 e. The first-order chi connectivity index (χ1) is 13.2. The third-order valence-corrected chi connectivity index (χ3v) is 3.93. The molecule has 1 aromatic heterocycles. The Morgan fingerprint density at radius 1 is 1.07 bits per heavy atom. The summed E-state index contributed by atoms with van der Waals surface area (Å²) in [5.41, 5.74) is 3.16. The minimum atomic E-state index is 0. The van der Waals surface area contributed by atoms with E-state index in [1.165, 1.54) is 0 Å². The molecule has 7 nitrogen and oxygen atoms in total. The van der Waals surface area contributed by atoms with Gasteiger partial charge in [-0.25, -0.2) is 4.98 Å². The third-order valence-electron chi connectivity index (χ3n) is 3.93. The van der Waals surface area contributed by atoms with Crippen LogP contribution in [0.3, 0.4) is 0 Å². The van der Waals surface area contributed by atoms with Crippen molar-refractivity contribution in [2.24, 2.45) is 4.99 Å². The topological polar surface area (TPSA) is 77.0 Å². The van der Waals surface area contributed by atoms with Gasteiger partial charge in [-0.05, 0) is 24.6 Å². The molecule has 0 bridgehead atoms. The molecule has 0 spiro atoms. The second kappa shape index (κ2) is 13.2. The molecular formula is C20H29IN4O3. The fraction of sp³-hybridized carbons (Fsp3) is 0.400. The van der Waals surface area contributed by atoms with Gasteiger partial charge in [0.25, 0.3) is 0 Å². The zero-order valence-corrected chi connectivity index (χ0v) is 19.2. The van der Waals surface area contributed by atoms with Crippen molar-refractivity contribution in [3.05, 3.63) is 53.2 Å². The minimum absolute atomic E-state index is 0. The number of aliphatic imine (C=N–C) groups is 1.